The van der Waals surface area contributed by atoms with E-state index in [4.69, 9.17) is 5.11 Å². The first-order valence-electron chi connectivity index (χ1n) is 4.90. The molecule has 0 saturated heterocycles. The van der Waals surface area contributed by atoms with Crippen LogP contribution in [0.3, 0.4) is 0 Å². The summed E-state index contributed by atoms with van der Waals surface area (Å²) >= 11 is 2.83. The Bertz CT molecular complexity index is 508. The lowest BCUT2D eigenvalue weighted by molar-refractivity contribution is -0.133. The summed E-state index contributed by atoms with van der Waals surface area (Å²) in [5, 5.41) is 21.4. The van der Waals surface area contributed by atoms with E-state index in [-0.39, 0.29) is 5.75 Å². The van der Waals surface area contributed by atoms with E-state index in [1.807, 2.05) is 23.1 Å². The van der Waals surface area contributed by atoms with Crippen LogP contribution in [-0.4, -0.2) is 31.6 Å². The Morgan fingerprint density at radius 1 is 1.59 bits per heavy atom. The largest absolute Gasteiger partial charge is 0.481 e. The number of thiophene rings is 1. The third-order valence-corrected chi connectivity index (χ3v) is 3.93. The lowest BCUT2D eigenvalue weighted by Gasteiger charge is -2.01. The van der Waals surface area contributed by atoms with Crippen molar-refractivity contribution >= 4 is 29.1 Å². The Morgan fingerprint density at radius 3 is 3.06 bits per heavy atom. The fraction of sp³-hybridized carbons (Fsp3) is 0.300. The Hall–Kier alpha value is -1.34. The highest BCUT2D eigenvalue weighted by Crippen LogP contribution is 2.17. The molecule has 0 aliphatic carbocycles. The number of rotatable bonds is 5. The minimum atomic E-state index is -0.850. The van der Waals surface area contributed by atoms with Gasteiger partial charge in [0.1, 0.15) is 5.82 Å². The summed E-state index contributed by atoms with van der Waals surface area (Å²) < 4.78 is 1.84. The first-order chi connectivity index (χ1) is 8.16. The Labute approximate surface area is 106 Å². The molecule has 0 aliphatic rings. The van der Waals surface area contributed by atoms with Gasteiger partial charge in [0.15, 0.2) is 5.16 Å². The van der Waals surface area contributed by atoms with E-state index >= 15 is 0 Å². The molecule has 2 aromatic rings. The fourth-order valence-corrected chi connectivity index (χ4v) is 2.65. The Balaban J connectivity index is 2.07. The van der Waals surface area contributed by atoms with Crippen LogP contribution in [0.2, 0.25) is 0 Å². The summed E-state index contributed by atoms with van der Waals surface area (Å²) in [6, 6.07) is 2.05. The molecule has 2 aromatic heterocycles. The number of aliphatic carboxylic acids is 1. The first kappa shape index (κ1) is 12.1. The maximum Gasteiger partial charge on any atom is 0.313 e. The van der Waals surface area contributed by atoms with Crippen molar-refractivity contribution in [3.05, 3.63) is 28.2 Å². The van der Waals surface area contributed by atoms with E-state index in [0.717, 1.165) is 12.2 Å². The Kier molecular flexibility index (Phi) is 3.80. The average Bonchev–Trinajstić information content (AvgIpc) is 2.89. The van der Waals surface area contributed by atoms with Gasteiger partial charge in [0.05, 0.1) is 5.75 Å². The monoisotopic (exact) mass is 269 g/mol. The topological polar surface area (TPSA) is 68.0 Å². The van der Waals surface area contributed by atoms with E-state index in [2.05, 4.69) is 15.6 Å². The van der Waals surface area contributed by atoms with Crippen LogP contribution in [-0.2, 0) is 18.3 Å². The number of thioether (sulfide) groups is 1. The number of carboxylic acid groups (broad SMARTS) is 1. The molecule has 0 spiro atoms. The highest BCUT2D eigenvalue weighted by molar-refractivity contribution is 7.99. The summed E-state index contributed by atoms with van der Waals surface area (Å²) in [6.07, 6.45) is 0.723. The van der Waals surface area contributed by atoms with Crippen LogP contribution in [0.5, 0.6) is 0 Å². The summed E-state index contributed by atoms with van der Waals surface area (Å²) in [4.78, 5) is 10.5. The number of hydrogen-bond acceptors (Lipinski definition) is 5. The van der Waals surface area contributed by atoms with Gasteiger partial charge < -0.3 is 9.67 Å². The van der Waals surface area contributed by atoms with E-state index in [1.54, 1.807) is 11.3 Å². The zero-order chi connectivity index (χ0) is 12.3. The van der Waals surface area contributed by atoms with Crippen LogP contribution in [0.25, 0.3) is 0 Å². The third kappa shape index (κ3) is 3.07. The van der Waals surface area contributed by atoms with E-state index in [9.17, 15) is 4.79 Å². The molecule has 0 atom stereocenters. The minimum absolute atomic E-state index is 0.00439. The fourth-order valence-electron chi connectivity index (χ4n) is 1.33. The smallest absolute Gasteiger partial charge is 0.313 e. The second-order valence-electron chi connectivity index (χ2n) is 3.45. The van der Waals surface area contributed by atoms with Gasteiger partial charge in [-0.1, -0.05) is 11.8 Å². The maximum atomic E-state index is 10.5. The summed E-state index contributed by atoms with van der Waals surface area (Å²) in [6.45, 7) is 0. The second kappa shape index (κ2) is 5.33. The van der Waals surface area contributed by atoms with Crippen LogP contribution < -0.4 is 0 Å². The molecule has 2 heterocycles. The molecule has 0 amide bonds. The molecule has 7 heteroatoms. The van der Waals surface area contributed by atoms with Crippen molar-refractivity contribution in [2.24, 2.45) is 7.05 Å². The lowest BCUT2D eigenvalue weighted by Crippen LogP contribution is -2.02. The van der Waals surface area contributed by atoms with Gasteiger partial charge in [-0.15, -0.1) is 10.2 Å². The third-order valence-electron chi connectivity index (χ3n) is 2.19. The Morgan fingerprint density at radius 2 is 2.41 bits per heavy atom. The maximum absolute atomic E-state index is 10.5. The molecule has 5 nitrogen and oxygen atoms in total. The van der Waals surface area contributed by atoms with E-state index < -0.39 is 5.97 Å². The van der Waals surface area contributed by atoms with Crippen molar-refractivity contribution in [1.29, 1.82) is 0 Å². The summed E-state index contributed by atoms with van der Waals surface area (Å²) in [5.74, 6) is -0.00147. The van der Waals surface area contributed by atoms with E-state index in [1.165, 1.54) is 17.3 Å². The number of nitrogens with zero attached hydrogens (tertiary/aromatic N) is 3. The molecule has 2 rings (SSSR count). The molecule has 0 bridgehead atoms. The summed E-state index contributed by atoms with van der Waals surface area (Å²) in [5.41, 5.74) is 1.19. The van der Waals surface area contributed by atoms with Crippen LogP contribution in [0, 0.1) is 0 Å². The molecule has 0 saturated carbocycles. The molecular formula is C10H11N3O2S2. The van der Waals surface area contributed by atoms with E-state index in [0.29, 0.717) is 5.16 Å². The van der Waals surface area contributed by atoms with Gasteiger partial charge in [0.2, 0.25) is 0 Å². The van der Waals surface area contributed by atoms with Gasteiger partial charge in [0, 0.05) is 13.5 Å². The molecule has 0 aliphatic heterocycles. The van der Waals surface area contributed by atoms with Gasteiger partial charge in [0.25, 0.3) is 0 Å². The first-order valence-corrected chi connectivity index (χ1v) is 6.83. The molecule has 90 valence electrons. The minimum Gasteiger partial charge on any atom is -0.481 e. The van der Waals surface area contributed by atoms with Crippen molar-refractivity contribution in [2.45, 2.75) is 11.6 Å². The van der Waals surface area contributed by atoms with Crippen LogP contribution in [0.4, 0.5) is 0 Å². The van der Waals surface area contributed by atoms with Gasteiger partial charge in [-0.05, 0) is 22.4 Å². The van der Waals surface area contributed by atoms with Crippen molar-refractivity contribution in [3.63, 3.8) is 0 Å². The lowest BCUT2D eigenvalue weighted by atomic mass is 10.2. The van der Waals surface area contributed by atoms with Crippen LogP contribution >= 0.6 is 23.1 Å². The van der Waals surface area contributed by atoms with Gasteiger partial charge in [-0.25, -0.2) is 0 Å². The molecule has 0 unspecified atom stereocenters. The molecule has 0 aromatic carbocycles. The SMILES string of the molecule is Cn1c(Cc2ccsc2)nnc1SCC(=O)O. The van der Waals surface area contributed by atoms with Crippen LogP contribution in [0.15, 0.2) is 22.0 Å². The summed E-state index contributed by atoms with van der Waals surface area (Å²) in [7, 11) is 1.85. The highest BCUT2D eigenvalue weighted by Gasteiger charge is 2.11. The molecule has 1 N–H and O–H groups in total. The molecule has 17 heavy (non-hydrogen) atoms. The standard InChI is InChI=1S/C10H11N3O2S2/c1-13-8(4-7-2-3-16-5-7)11-12-10(13)17-6-9(14)15/h2-3,5H,4,6H2,1H3,(H,14,15). The number of carbonyl (C=O) groups is 1. The molecular weight excluding hydrogens is 258 g/mol. The zero-order valence-corrected chi connectivity index (χ0v) is 10.8. The normalized spacial score (nSPS) is 10.6. The second-order valence-corrected chi connectivity index (χ2v) is 5.17. The van der Waals surface area contributed by atoms with Crippen molar-refractivity contribution in [3.8, 4) is 0 Å². The number of aromatic nitrogens is 3. The van der Waals surface area contributed by atoms with Crippen molar-refractivity contribution < 1.29 is 9.90 Å². The van der Waals surface area contributed by atoms with Crippen molar-refractivity contribution in [2.75, 3.05) is 5.75 Å². The van der Waals surface area contributed by atoms with Gasteiger partial charge in [-0.2, -0.15) is 11.3 Å². The molecule has 0 fully saturated rings. The molecule has 0 radical (unpaired) electrons. The average molecular weight is 269 g/mol. The predicted octanol–water partition coefficient (Wildman–Crippen LogP) is 1.64. The highest BCUT2D eigenvalue weighted by atomic mass is 32.2. The van der Waals surface area contributed by atoms with Crippen LogP contribution in [0.1, 0.15) is 11.4 Å². The van der Waals surface area contributed by atoms with Gasteiger partial charge in [-0.3, -0.25) is 4.79 Å². The quantitative estimate of drug-likeness (QED) is 0.836. The van der Waals surface area contributed by atoms with Gasteiger partial charge >= 0.3 is 5.97 Å². The zero-order valence-electron chi connectivity index (χ0n) is 9.16. The number of hydrogen-bond donors (Lipinski definition) is 1. The number of carboxylic acids is 1. The predicted molar refractivity (Wildman–Crippen MR) is 66.5 cm³/mol. The van der Waals surface area contributed by atoms with Crippen molar-refractivity contribution in [1.82, 2.24) is 14.8 Å².